The molecule has 2 atom stereocenters. The van der Waals surface area contributed by atoms with E-state index >= 15 is 0 Å². The molecule has 0 aliphatic rings. The monoisotopic (exact) mass is 319 g/mol. The van der Waals surface area contributed by atoms with Gasteiger partial charge >= 0.3 is 0 Å². The molecule has 0 radical (unpaired) electrons. The lowest BCUT2D eigenvalue weighted by atomic mass is 10.1. The van der Waals surface area contributed by atoms with Crippen LogP contribution in [-0.2, 0) is 16.1 Å². The number of ether oxygens (including phenoxy) is 1. The number of hydrogen-bond acceptors (Lipinski definition) is 2. The number of hydrogen-bond donors (Lipinski definition) is 1. The minimum absolute atomic E-state index is 0.231. The van der Waals surface area contributed by atoms with E-state index in [4.69, 9.17) is 4.74 Å². The number of carbonyl (C=O) groups excluding carboxylic acids is 1. The summed E-state index contributed by atoms with van der Waals surface area (Å²) in [6.45, 7) is 3.58. The second-order valence-electron chi connectivity index (χ2n) is 5.33. The predicted octanol–water partition coefficient (Wildman–Crippen LogP) is 3.75. The van der Waals surface area contributed by atoms with Crippen molar-refractivity contribution < 1.29 is 18.3 Å². The van der Waals surface area contributed by atoms with Gasteiger partial charge in [0.25, 0.3) is 0 Å². The van der Waals surface area contributed by atoms with Gasteiger partial charge in [0.05, 0.1) is 12.6 Å². The molecule has 0 saturated carbocycles. The normalized spacial score (nSPS) is 13.4. The summed E-state index contributed by atoms with van der Waals surface area (Å²) in [5.74, 6) is -1.68. The van der Waals surface area contributed by atoms with Crippen LogP contribution in [0, 0.1) is 11.6 Å². The van der Waals surface area contributed by atoms with Crippen molar-refractivity contribution in [2.75, 3.05) is 0 Å². The summed E-state index contributed by atoms with van der Waals surface area (Å²) in [6, 6.07) is 12.2. The van der Waals surface area contributed by atoms with E-state index in [1.54, 1.807) is 13.8 Å². The van der Waals surface area contributed by atoms with E-state index in [-0.39, 0.29) is 11.5 Å². The molecule has 0 bridgehead atoms. The van der Waals surface area contributed by atoms with Crippen LogP contribution in [0.4, 0.5) is 8.78 Å². The highest BCUT2D eigenvalue weighted by molar-refractivity contribution is 5.80. The first-order valence-corrected chi connectivity index (χ1v) is 7.38. The minimum Gasteiger partial charge on any atom is -0.364 e. The highest BCUT2D eigenvalue weighted by atomic mass is 19.1. The van der Waals surface area contributed by atoms with Crippen molar-refractivity contribution in [1.82, 2.24) is 5.32 Å². The van der Waals surface area contributed by atoms with Crippen molar-refractivity contribution in [3.63, 3.8) is 0 Å². The van der Waals surface area contributed by atoms with Gasteiger partial charge in [0.1, 0.15) is 17.7 Å². The summed E-state index contributed by atoms with van der Waals surface area (Å²) in [4.78, 5) is 12.1. The Morgan fingerprint density at radius 3 is 2.48 bits per heavy atom. The zero-order valence-corrected chi connectivity index (χ0v) is 13.1. The maximum atomic E-state index is 13.7. The van der Waals surface area contributed by atoms with Gasteiger partial charge in [0.15, 0.2) is 0 Å². The van der Waals surface area contributed by atoms with Crippen LogP contribution in [0.3, 0.4) is 0 Å². The molecule has 1 N–H and O–H groups in total. The maximum absolute atomic E-state index is 13.7. The van der Waals surface area contributed by atoms with Gasteiger partial charge in [-0.2, -0.15) is 0 Å². The Labute approximate surface area is 134 Å². The molecule has 2 aromatic rings. The van der Waals surface area contributed by atoms with E-state index in [2.05, 4.69) is 5.32 Å². The topological polar surface area (TPSA) is 38.3 Å². The highest BCUT2D eigenvalue weighted by Gasteiger charge is 2.19. The number of nitrogens with one attached hydrogen (secondary N) is 1. The first-order chi connectivity index (χ1) is 11.0. The Balaban J connectivity index is 1.89. The number of amides is 1. The summed E-state index contributed by atoms with van der Waals surface area (Å²) in [6.07, 6.45) is -0.679. The smallest absolute Gasteiger partial charge is 0.249 e. The first kappa shape index (κ1) is 17.1. The summed E-state index contributed by atoms with van der Waals surface area (Å²) < 4.78 is 32.1. The van der Waals surface area contributed by atoms with Gasteiger partial charge in [0, 0.05) is 11.6 Å². The third-order valence-electron chi connectivity index (χ3n) is 3.50. The van der Waals surface area contributed by atoms with Gasteiger partial charge in [-0.15, -0.1) is 0 Å². The molecule has 1 amide bonds. The van der Waals surface area contributed by atoms with E-state index in [9.17, 15) is 13.6 Å². The summed E-state index contributed by atoms with van der Waals surface area (Å²) in [5.41, 5.74) is 1.19. The zero-order valence-electron chi connectivity index (χ0n) is 13.1. The minimum atomic E-state index is -0.685. The first-order valence-electron chi connectivity index (χ1n) is 7.38. The Morgan fingerprint density at radius 2 is 1.83 bits per heavy atom. The second-order valence-corrected chi connectivity index (χ2v) is 5.33. The lowest BCUT2D eigenvalue weighted by Gasteiger charge is -2.19. The molecule has 122 valence electrons. The highest BCUT2D eigenvalue weighted by Crippen LogP contribution is 2.18. The van der Waals surface area contributed by atoms with Crippen molar-refractivity contribution in [3.8, 4) is 0 Å². The fourth-order valence-corrected chi connectivity index (χ4v) is 2.13. The summed E-state index contributed by atoms with van der Waals surface area (Å²) in [7, 11) is 0. The average molecular weight is 319 g/mol. The molecule has 2 rings (SSSR count). The molecule has 0 aliphatic heterocycles. The molecule has 0 saturated heterocycles. The molecular formula is C18H19F2NO2. The van der Waals surface area contributed by atoms with Gasteiger partial charge in [-0.3, -0.25) is 4.79 Å². The molecule has 0 aromatic heterocycles. The lowest BCUT2D eigenvalue weighted by Crippen LogP contribution is -2.36. The Bertz CT molecular complexity index is 661. The van der Waals surface area contributed by atoms with E-state index in [1.165, 1.54) is 6.07 Å². The van der Waals surface area contributed by atoms with Gasteiger partial charge in [-0.05, 0) is 25.5 Å². The molecule has 2 unspecified atom stereocenters. The van der Waals surface area contributed by atoms with Crippen molar-refractivity contribution in [2.24, 2.45) is 0 Å². The maximum Gasteiger partial charge on any atom is 0.249 e. The SMILES string of the molecule is CC(OCc1ccccc1)C(=O)NC(C)c1ccc(F)cc1F. The molecule has 0 aliphatic carbocycles. The molecule has 2 aromatic carbocycles. The van der Waals surface area contributed by atoms with Crippen molar-refractivity contribution in [3.05, 3.63) is 71.3 Å². The molecule has 23 heavy (non-hydrogen) atoms. The Hall–Kier alpha value is -2.27. The van der Waals surface area contributed by atoms with E-state index in [0.29, 0.717) is 6.61 Å². The van der Waals surface area contributed by atoms with Crippen LogP contribution in [0.25, 0.3) is 0 Å². The summed E-state index contributed by atoms with van der Waals surface area (Å²) >= 11 is 0. The molecule has 0 fully saturated rings. The van der Waals surface area contributed by atoms with Gasteiger partial charge in [-0.25, -0.2) is 8.78 Å². The molecular weight excluding hydrogens is 300 g/mol. The number of halogens is 2. The fraction of sp³-hybridized carbons (Fsp3) is 0.278. The predicted molar refractivity (Wildman–Crippen MR) is 83.6 cm³/mol. The van der Waals surface area contributed by atoms with E-state index < -0.39 is 23.8 Å². The zero-order chi connectivity index (χ0) is 16.8. The molecule has 5 heteroatoms. The molecule has 3 nitrogen and oxygen atoms in total. The standard InChI is InChI=1S/C18H19F2NO2/c1-12(16-9-8-15(19)10-17(16)20)21-18(22)13(2)23-11-14-6-4-3-5-7-14/h3-10,12-13H,11H2,1-2H3,(H,21,22). The Morgan fingerprint density at radius 1 is 1.13 bits per heavy atom. The number of benzene rings is 2. The lowest BCUT2D eigenvalue weighted by molar-refractivity contribution is -0.133. The van der Waals surface area contributed by atoms with Gasteiger partial charge in [-0.1, -0.05) is 36.4 Å². The van der Waals surface area contributed by atoms with Gasteiger partial charge in [0.2, 0.25) is 5.91 Å². The van der Waals surface area contributed by atoms with Crippen LogP contribution >= 0.6 is 0 Å². The average Bonchev–Trinajstić information content (AvgIpc) is 2.53. The number of carbonyl (C=O) groups is 1. The van der Waals surface area contributed by atoms with Crippen LogP contribution in [0.1, 0.15) is 31.0 Å². The third kappa shape index (κ3) is 4.86. The summed E-state index contributed by atoms with van der Waals surface area (Å²) in [5, 5.41) is 2.67. The fourth-order valence-electron chi connectivity index (χ4n) is 2.13. The van der Waals surface area contributed by atoms with Gasteiger partial charge < -0.3 is 10.1 Å². The van der Waals surface area contributed by atoms with Crippen LogP contribution in [-0.4, -0.2) is 12.0 Å². The van der Waals surface area contributed by atoms with E-state index in [1.807, 2.05) is 30.3 Å². The van der Waals surface area contributed by atoms with Crippen LogP contribution in [0.15, 0.2) is 48.5 Å². The third-order valence-corrected chi connectivity index (χ3v) is 3.50. The van der Waals surface area contributed by atoms with Crippen LogP contribution in [0.5, 0.6) is 0 Å². The van der Waals surface area contributed by atoms with Crippen molar-refractivity contribution >= 4 is 5.91 Å². The van der Waals surface area contributed by atoms with E-state index in [0.717, 1.165) is 17.7 Å². The van der Waals surface area contributed by atoms with Crippen LogP contribution in [0.2, 0.25) is 0 Å². The quantitative estimate of drug-likeness (QED) is 0.880. The van der Waals surface area contributed by atoms with Crippen molar-refractivity contribution in [1.29, 1.82) is 0 Å². The van der Waals surface area contributed by atoms with Crippen molar-refractivity contribution in [2.45, 2.75) is 32.6 Å². The number of rotatable bonds is 6. The second kappa shape index (κ2) is 7.83. The molecule has 0 heterocycles. The Kier molecular flexibility index (Phi) is 5.82. The largest absolute Gasteiger partial charge is 0.364 e. The van der Waals surface area contributed by atoms with Crippen LogP contribution < -0.4 is 5.32 Å². The molecule has 0 spiro atoms.